The van der Waals surface area contributed by atoms with Crippen molar-refractivity contribution in [1.29, 1.82) is 0 Å². The Bertz CT molecular complexity index is 545. The van der Waals surface area contributed by atoms with Gasteiger partial charge in [-0.1, -0.05) is 26.8 Å². The number of ether oxygens (including phenoxy) is 1. The van der Waals surface area contributed by atoms with Crippen LogP contribution in [0.3, 0.4) is 0 Å². The largest absolute Gasteiger partial charge is 0.480 e. The molecular weight excluding hydrogens is 258 g/mol. The van der Waals surface area contributed by atoms with Gasteiger partial charge in [-0.25, -0.2) is 4.79 Å². The SMILES string of the molecule is CC(C)(C)[C@@H](NC(=O)c1ccc2c(c1)COC2)C(=O)O. The van der Waals surface area contributed by atoms with Gasteiger partial charge in [0.15, 0.2) is 0 Å². The summed E-state index contributed by atoms with van der Waals surface area (Å²) in [5, 5.41) is 11.8. The number of benzene rings is 1. The van der Waals surface area contributed by atoms with Crippen molar-refractivity contribution in [1.82, 2.24) is 5.32 Å². The van der Waals surface area contributed by atoms with Gasteiger partial charge in [0.05, 0.1) is 13.2 Å². The Labute approximate surface area is 117 Å². The van der Waals surface area contributed by atoms with Gasteiger partial charge in [-0.2, -0.15) is 0 Å². The van der Waals surface area contributed by atoms with E-state index in [4.69, 9.17) is 4.74 Å². The predicted octanol–water partition coefficient (Wildman–Crippen LogP) is 1.95. The van der Waals surface area contributed by atoms with E-state index < -0.39 is 17.4 Å². The van der Waals surface area contributed by atoms with Crippen molar-refractivity contribution in [2.24, 2.45) is 5.41 Å². The molecule has 1 aliphatic rings. The van der Waals surface area contributed by atoms with Crippen LogP contribution >= 0.6 is 0 Å². The van der Waals surface area contributed by atoms with Gasteiger partial charge in [0.2, 0.25) is 0 Å². The Morgan fingerprint density at radius 3 is 2.50 bits per heavy atom. The fourth-order valence-electron chi connectivity index (χ4n) is 2.18. The van der Waals surface area contributed by atoms with E-state index in [1.54, 1.807) is 32.9 Å². The molecule has 1 aromatic carbocycles. The van der Waals surface area contributed by atoms with Crippen LogP contribution < -0.4 is 5.32 Å². The first kappa shape index (κ1) is 14.5. The lowest BCUT2D eigenvalue weighted by Gasteiger charge is -2.27. The zero-order valence-corrected chi connectivity index (χ0v) is 11.9. The maximum atomic E-state index is 12.2. The fraction of sp³-hybridized carbons (Fsp3) is 0.467. The van der Waals surface area contributed by atoms with Crippen molar-refractivity contribution in [2.45, 2.75) is 40.0 Å². The number of rotatable bonds is 3. The lowest BCUT2D eigenvalue weighted by Crippen LogP contribution is -2.49. The highest BCUT2D eigenvalue weighted by Crippen LogP contribution is 2.22. The second-order valence-electron chi connectivity index (χ2n) is 6.09. The van der Waals surface area contributed by atoms with E-state index in [0.29, 0.717) is 18.8 Å². The molecule has 2 rings (SSSR count). The first-order chi connectivity index (χ1) is 9.29. The zero-order chi connectivity index (χ0) is 14.9. The molecule has 1 aromatic rings. The standard InChI is InChI=1S/C15H19NO4/c1-15(2,3)12(14(18)19)16-13(17)9-4-5-10-7-20-8-11(10)6-9/h4-6,12H,7-8H2,1-3H3,(H,16,17)(H,18,19)/t12-/m0/s1. The van der Waals surface area contributed by atoms with Crippen molar-refractivity contribution in [3.8, 4) is 0 Å². The van der Waals surface area contributed by atoms with E-state index in [1.807, 2.05) is 6.07 Å². The first-order valence-corrected chi connectivity index (χ1v) is 6.52. The Kier molecular flexibility index (Phi) is 3.81. The third kappa shape index (κ3) is 2.99. The number of aliphatic carboxylic acids is 1. The van der Waals surface area contributed by atoms with E-state index in [0.717, 1.165) is 11.1 Å². The average molecular weight is 277 g/mol. The number of carbonyl (C=O) groups is 2. The van der Waals surface area contributed by atoms with Crippen molar-refractivity contribution in [2.75, 3.05) is 0 Å². The number of carboxylic acid groups (broad SMARTS) is 1. The van der Waals surface area contributed by atoms with Crippen molar-refractivity contribution < 1.29 is 19.4 Å². The maximum absolute atomic E-state index is 12.2. The van der Waals surface area contributed by atoms with Gasteiger partial charge < -0.3 is 15.2 Å². The normalized spacial score (nSPS) is 15.6. The van der Waals surface area contributed by atoms with Crippen LogP contribution in [0, 0.1) is 5.41 Å². The molecule has 108 valence electrons. The molecular formula is C15H19NO4. The lowest BCUT2D eigenvalue weighted by molar-refractivity contribution is -0.142. The van der Waals surface area contributed by atoms with Gasteiger partial charge in [0.1, 0.15) is 6.04 Å². The predicted molar refractivity (Wildman–Crippen MR) is 73.3 cm³/mol. The quantitative estimate of drug-likeness (QED) is 0.885. The molecule has 1 heterocycles. The molecule has 0 aliphatic carbocycles. The summed E-state index contributed by atoms with van der Waals surface area (Å²) in [7, 11) is 0. The summed E-state index contributed by atoms with van der Waals surface area (Å²) in [6, 6.07) is 4.38. The summed E-state index contributed by atoms with van der Waals surface area (Å²) < 4.78 is 5.30. The number of fused-ring (bicyclic) bond motifs is 1. The van der Waals surface area contributed by atoms with Crippen LogP contribution in [0.2, 0.25) is 0 Å². The lowest BCUT2D eigenvalue weighted by atomic mass is 9.86. The fourth-order valence-corrected chi connectivity index (χ4v) is 2.18. The molecule has 0 bridgehead atoms. The van der Waals surface area contributed by atoms with Gasteiger partial charge in [-0.15, -0.1) is 0 Å². The molecule has 0 saturated carbocycles. The van der Waals surface area contributed by atoms with Gasteiger partial charge in [0.25, 0.3) is 5.91 Å². The Morgan fingerprint density at radius 2 is 1.90 bits per heavy atom. The van der Waals surface area contributed by atoms with Crippen LogP contribution in [0.4, 0.5) is 0 Å². The molecule has 5 heteroatoms. The molecule has 0 saturated heterocycles. The monoisotopic (exact) mass is 277 g/mol. The van der Waals surface area contributed by atoms with Gasteiger partial charge in [-0.3, -0.25) is 4.79 Å². The van der Waals surface area contributed by atoms with E-state index in [9.17, 15) is 14.7 Å². The molecule has 2 N–H and O–H groups in total. The third-order valence-corrected chi connectivity index (χ3v) is 3.37. The van der Waals surface area contributed by atoms with Crippen LogP contribution in [-0.4, -0.2) is 23.0 Å². The molecule has 1 aliphatic heterocycles. The summed E-state index contributed by atoms with van der Waals surface area (Å²) in [6.07, 6.45) is 0. The van der Waals surface area contributed by atoms with E-state index in [1.165, 1.54) is 0 Å². The average Bonchev–Trinajstić information content (AvgIpc) is 2.80. The molecule has 1 atom stereocenters. The van der Waals surface area contributed by atoms with E-state index >= 15 is 0 Å². The van der Waals surface area contributed by atoms with Crippen LogP contribution in [0.5, 0.6) is 0 Å². The minimum absolute atomic E-state index is 0.373. The first-order valence-electron chi connectivity index (χ1n) is 6.52. The van der Waals surface area contributed by atoms with Crippen molar-refractivity contribution >= 4 is 11.9 Å². The number of nitrogens with one attached hydrogen (secondary N) is 1. The van der Waals surface area contributed by atoms with Crippen LogP contribution in [-0.2, 0) is 22.7 Å². The summed E-state index contributed by atoms with van der Waals surface area (Å²) in [5.74, 6) is -1.41. The summed E-state index contributed by atoms with van der Waals surface area (Å²) >= 11 is 0. The number of carboxylic acids is 1. The molecule has 20 heavy (non-hydrogen) atoms. The van der Waals surface area contributed by atoms with Gasteiger partial charge >= 0.3 is 5.97 Å². The van der Waals surface area contributed by atoms with Crippen LogP contribution in [0.1, 0.15) is 42.3 Å². The second kappa shape index (κ2) is 5.25. The highest BCUT2D eigenvalue weighted by atomic mass is 16.5. The molecule has 0 spiro atoms. The molecule has 0 aromatic heterocycles. The molecule has 5 nitrogen and oxygen atoms in total. The number of hydrogen-bond acceptors (Lipinski definition) is 3. The number of hydrogen-bond donors (Lipinski definition) is 2. The zero-order valence-electron chi connectivity index (χ0n) is 11.9. The van der Waals surface area contributed by atoms with Crippen molar-refractivity contribution in [3.05, 3.63) is 34.9 Å². The minimum Gasteiger partial charge on any atom is -0.480 e. The summed E-state index contributed by atoms with van der Waals surface area (Å²) in [6.45, 7) is 6.41. The Balaban J connectivity index is 2.17. The molecule has 0 fully saturated rings. The minimum atomic E-state index is -1.03. The molecule has 1 amide bonds. The van der Waals surface area contributed by atoms with E-state index in [-0.39, 0.29) is 5.91 Å². The Morgan fingerprint density at radius 1 is 1.25 bits per heavy atom. The summed E-state index contributed by atoms with van der Waals surface area (Å²) in [4.78, 5) is 23.5. The number of carbonyl (C=O) groups excluding carboxylic acids is 1. The molecule has 0 unspecified atom stereocenters. The smallest absolute Gasteiger partial charge is 0.326 e. The van der Waals surface area contributed by atoms with Gasteiger partial charge in [0, 0.05) is 5.56 Å². The van der Waals surface area contributed by atoms with E-state index in [2.05, 4.69) is 5.32 Å². The van der Waals surface area contributed by atoms with Crippen LogP contribution in [0.15, 0.2) is 18.2 Å². The number of amides is 1. The topological polar surface area (TPSA) is 75.6 Å². The Hall–Kier alpha value is -1.88. The van der Waals surface area contributed by atoms with Gasteiger partial charge in [-0.05, 0) is 28.7 Å². The van der Waals surface area contributed by atoms with Crippen LogP contribution in [0.25, 0.3) is 0 Å². The highest BCUT2D eigenvalue weighted by Gasteiger charge is 2.32. The second-order valence-corrected chi connectivity index (χ2v) is 6.09. The highest BCUT2D eigenvalue weighted by molar-refractivity contribution is 5.97. The maximum Gasteiger partial charge on any atom is 0.326 e. The van der Waals surface area contributed by atoms with Crippen molar-refractivity contribution in [3.63, 3.8) is 0 Å². The summed E-state index contributed by atoms with van der Waals surface area (Å²) in [5.41, 5.74) is 1.97. The third-order valence-electron chi connectivity index (χ3n) is 3.37. The molecule has 0 radical (unpaired) electrons.